The van der Waals surface area contributed by atoms with Crippen molar-refractivity contribution < 1.29 is 9.18 Å². The van der Waals surface area contributed by atoms with Crippen molar-refractivity contribution in [2.75, 3.05) is 5.43 Å². The van der Waals surface area contributed by atoms with Gasteiger partial charge in [-0.2, -0.15) is 0 Å². The van der Waals surface area contributed by atoms with Crippen LogP contribution in [0.5, 0.6) is 0 Å². The van der Waals surface area contributed by atoms with Crippen molar-refractivity contribution in [3.63, 3.8) is 0 Å². The molecule has 0 bridgehead atoms. The Bertz CT molecular complexity index is 690. The average molecular weight is 341 g/mol. The number of amides is 1. The fourth-order valence-corrected chi connectivity index (χ4v) is 2.67. The number of rotatable bonds is 4. The van der Waals surface area contributed by atoms with E-state index in [9.17, 15) is 9.18 Å². The lowest BCUT2D eigenvalue weighted by Crippen LogP contribution is -2.31. The second-order valence-corrected chi connectivity index (χ2v) is 5.73. The van der Waals surface area contributed by atoms with Crippen molar-refractivity contribution in [2.45, 2.75) is 12.3 Å². The summed E-state index contributed by atoms with van der Waals surface area (Å²) in [4.78, 5) is 12.0. The first-order chi connectivity index (χ1) is 10.6. The number of hydrogen-bond donors (Lipinski definition) is 2. The van der Waals surface area contributed by atoms with Crippen molar-refractivity contribution in [1.82, 2.24) is 15.6 Å². The van der Waals surface area contributed by atoms with Gasteiger partial charge in [0.1, 0.15) is 5.82 Å². The number of hydrazine groups is 1. The highest BCUT2D eigenvalue weighted by Crippen LogP contribution is 2.50. The molecule has 1 fully saturated rings. The van der Waals surface area contributed by atoms with Gasteiger partial charge in [-0.1, -0.05) is 29.3 Å². The van der Waals surface area contributed by atoms with Gasteiger partial charge in [0.15, 0.2) is 11.0 Å². The summed E-state index contributed by atoms with van der Waals surface area (Å²) in [6.45, 7) is 0. The molecule has 1 aliphatic carbocycles. The Morgan fingerprint density at radius 2 is 2.05 bits per heavy atom. The summed E-state index contributed by atoms with van der Waals surface area (Å²) in [5.41, 5.74) is 5.55. The number of benzene rings is 1. The largest absolute Gasteiger partial charge is 0.280 e. The van der Waals surface area contributed by atoms with E-state index in [1.165, 1.54) is 6.07 Å². The van der Waals surface area contributed by atoms with Crippen molar-refractivity contribution >= 4 is 34.9 Å². The van der Waals surface area contributed by atoms with Crippen LogP contribution in [0.15, 0.2) is 30.3 Å². The molecule has 1 aromatic carbocycles. The van der Waals surface area contributed by atoms with Crippen molar-refractivity contribution in [3.8, 4) is 0 Å². The monoisotopic (exact) mass is 340 g/mol. The maximum atomic E-state index is 13.8. The highest BCUT2D eigenvalue weighted by Gasteiger charge is 2.46. The number of halogens is 3. The first kappa shape index (κ1) is 15.0. The van der Waals surface area contributed by atoms with Gasteiger partial charge < -0.3 is 0 Å². The Hall–Kier alpha value is -1.92. The predicted molar refractivity (Wildman–Crippen MR) is 81.1 cm³/mol. The van der Waals surface area contributed by atoms with Gasteiger partial charge in [0.25, 0.3) is 0 Å². The number of anilines is 1. The van der Waals surface area contributed by atoms with Crippen molar-refractivity contribution in [1.29, 1.82) is 0 Å². The van der Waals surface area contributed by atoms with E-state index < -0.39 is 0 Å². The van der Waals surface area contributed by atoms with Gasteiger partial charge in [-0.15, -0.1) is 10.2 Å². The minimum atomic E-state index is -0.385. The third kappa shape index (κ3) is 3.13. The van der Waals surface area contributed by atoms with Gasteiger partial charge in [-0.3, -0.25) is 15.6 Å². The Balaban J connectivity index is 1.60. The SMILES string of the molecule is O=C(NNc1ccc(Cl)nn1)[C@H]1C[C@@H]1c1c(F)cccc1Cl. The smallest absolute Gasteiger partial charge is 0.242 e. The van der Waals surface area contributed by atoms with Crippen LogP contribution in [0.4, 0.5) is 10.2 Å². The quantitative estimate of drug-likeness (QED) is 0.839. The van der Waals surface area contributed by atoms with E-state index in [0.29, 0.717) is 22.8 Å². The third-order valence-electron chi connectivity index (χ3n) is 3.44. The van der Waals surface area contributed by atoms with Gasteiger partial charge in [0.2, 0.25) is 5.91 Å². The van der Waals surface area contributed by atoms with Crippen LogP contribution in [0.25, 0.3) is 0 Å². The van der Waals surface area contributed by atoms with Gasteiger partial charge in [-0.25, -0.2) is 4.39 Å². The lowest BCUT2D eigenvalue weighted by Gasteiger charge is -2.08. The van der Waals surface area contributed by atoms with Crippen LogP contribution in [0.2, 0.25) is 10.2 Å². The summed E-state index contributed by atoms with van der Waals surface area (Å²) in [7, 11) is 0. The lowest BCUT2D eigenvalue weighted by atomic mass is 10.1. The average Bonchev–Trinajstić information content (AvgIpc) is 3.26. The zero-order valence-electron chi connectivity index (χ0n) is 11.2. The molecule has 1 aliphatic rings. The van der Waals surface area contributed by atoms with Crippen LogP contribution in [-0.4, -0.2) is 16.1 Å². The first-order valence-electron chi connectivity index (χ1n) is 6.55. The fraction of sp³-hybridized carbons (Fsp3) is 0.214. The van der Waals surface area contributed by atoms with E-state index in [0.717, 1.165) is 0 Å². The van der Waals surface area contributed by atoms with Gasteiger partial charge in [-0.05, 0) is 30.7 Å². The molecule has 1 aromatic heterocycles. The summed E-state index contributed by atoms with van der Waals surface area (Å²) in [5, 5.41) is 7.99. The van der Waals surface area contributed by atoms with Crippen LogP contribution in [0.3, 0.4) is 0 Å². The molecular weight excluding hydrogens is 330 g/mol. The summed E-state index contributed by atoms with van der Waals surface area (Å²) < 4.78 is 13.8. The van der Waals surface area contributed by atoms with Crippen LogP contribution in [0, 0.1) is 11.7 Å². The topological polar surface area (TPSA) is 66.9 Å². The molecule has 1 saturated carbocycles. The predicted octanol–water partition coefficient (Wildman–Crippen LogP) is 3.17. The van der Waals surface area contributed by atoms with E-state index in [-0.39, 0.29) is 28.7 Å². The number of nitrogens with one attached hydrogen (secondary N) is 2. The second kappa shape index (κ2) is 6.06. The van der Waals surface area contributed by atoms with Crippen LogP contribution in [0.1, 0.15) is 17.9 Å². The maximum Gasteiger partial charge on any atom is 0.242 e. The van der Waals surface area contributed by atoms with Gasteiger partial charge >= 0.3 is 0 Å². The van der Waals surface area contributed by atoms with E-state index in [2.05, 4.69) is 21.0 Å². The number of carbonyl (C=O) groups is 1. The molecule has 8 heteroatoms. The number of carbonyl (C=O) groups excluding carboxylic acids is 1. The van der Waals surface area contributed by atoms with E-state index >= 15 is 0 Å². The Labute approximate surface area is 135 Å². The van der Waals surface area contributed by atoms with Crippen molar-refractivity contribution in [3.05, 3.63) is 51.9 Å². The Morgan fingerprint density at radius 1 is 1.23 bits per heavy atom. The third-order valence-corrected chi connectivity index (χ3v) is 3.97. The maximum absolute atomic E-state index is 13.8. The molecule has 114 valence electrons. The van der Waals surface area contributed by atoms with Gasteiger partial charge in [0, 0.05) is 22.4 Å². The van der Waals surface area contributed by atoms with Gasteiger partial charge in [0.05, 0.1) is 0 Å². The standard InChI is InChI=1S/C14H11Cl2FN4O/c15-9-2-1-3-10(17)13(9)7-6-8(7)14(22)21-20-12-5-4-11(16)18-19-12/h1-5,7-8H,6H2,(H,19,20)(H,21,22)/t7-,8-/m0/s1. The lowest BCUT2D eigenvalue weighted by molar-refractivity contribution is -0.121. The number of hydrogen-bond acceptors (Lipinski definition) is 4. The minimum Gasteiger partial charge on any atom is -0.280 e. The molecule has 0 aliphatic heterocycles. The first-order valence-corrected chi connectivity index (χ1v) is 7.31. The molecule has 1 heterocycles. The molecule has 0 saturated heterocycles. The summed E-state index contributed by atoms with van der Waals surface area (Å²) in [6, 6.07) is 7.63. The van der Waals surface area contributed by atoms with Crippen LogP contribution in [-0.2, 0) is 4.79 Å². The zero-order valence-corrected chi connectivity index (χ0v) is 12.7. The molecule has 2 aromatic rings. The molecule has 0 unspecified atom stereocenters. The molecule has 2 N–H and O–H groups in total. The minimum absolute atomic E-state index is 0.202. The zero-order chi connectivity index (χ0) is 15.7. The molecule has 0 radical (unpaired) electrons. The van der Waals surface area contributed by atoms with Crippen LogP contribution < -0.4 is 10.9 Å². The highest BCUT2D eigenvalue weighted by molar-refractivity contribution is 6.31. The van der Waals surface area contributed by atoms with E-state index in [1.54, 1.807) is 24.3 Å². The molecule has 5 nitrogen and oxygen atoms in total. The summed E-state index contributed by atoms with van der Waals surface area (Å²) in [6.07, 6.45) is 0.556. The Morgan fingerprint density at radius 3 is 2.73 bits per heavy atom. The second-order valence-electron chi connectivity index (χ2n) is 4.94. The number of aromatic nitrogens is 2. The fourth-order valence-electron chi connectivity index (χ4n) is 2.27. The Kier molecular flexibility index (Phi) is 4.13. The van der Waals surface area contributed by atoms with Crippen LogP contribution >= 0.6 is 23.2 Å². The summed E-state index contributed by atoms with van der Waals surface area (Å²) >= 11 is 11.6. The summed E-state index contributed by atoms with van der Waals surface area (Å²) in [5.74, 6) is -0.793. The van der Waals surface area contributed by atoms with E-state index in [4.69, 9.17) is 23.2 Å². The molecule has 3 rings (SSSR count). The molecular formula is C14H11Cl2FN4O. The molecule has 2 atom stereocenters. The molecule has 0 spiro atoms. The molecule has 1 amide bonds. The van der Waals surface area contributed by atoms with Crippen molar-refractivity contribution in [2.24, 2.45) is 5.92 Å². The normalized spacial score (nSPS) is 19.6. The highest BCUT2D eigenvalue weighted by atomic mass is 35.5. The number of nitrogens with zero attached hydrogens (tertiary/aromatic N) is 2. The molecule has 22 heavy (non-hydrogen) atoms. The van der Waals surface area contributed by atoms with E-state index in [1.807, 2.05) is 0 Å².